The lowest BCUT2D eigenvalue weighted by Gasteiger charge is -2.28. The van der Waals surface area contributed by atoms with E-state index in [-0.39, 0.29) is 6.03 Å². The van der Waals surface area contributed by atoms with Gasteiger partial charge in [0.2, 0.25) is 0 Å². The van der Waals surface area contributed by atoms with Gasteiger partial charge in [0.05, 0.1) is 19.9 Å². The number of benzene rings is 2. The Morgan fingerprint density at radius 3 is 2.61 bits per heavy atom. The standard InChI is InChI=1S/C18H18N2O3/c1-22-14-7-5-6-13(12-14)15-10-11-20(18(21)19-15)16-8-3-4-9-17(16)23-2/h3-10,12H,11H2,1-2H3,(H,19,21). The van der Waals surface area contributed by atoms with Gasteiger partial charge < -0.3 is 14.8 Å². The number of hydrogen-bond acceptors (Lipinski definition) is 3. The van der Waals surface area contributed by atoms with Crippen LogP contribution < -0.4 is 19.7 Å². The average Bonchev–Trinajstić information content (AvgIpc) is 2.61. The van der Waals surface area contributed by atoms with Crippen molar-refractivity contribution in [3.8, 4) is 11.5 Å². The van der Waals surface area contributed by atoms with Crippen LogP contribution in [0.2, 0.25) is 0 Å². The van der Waals surface area contributed by atoms with Crippen LogP contribution in [0.4, 0.5) is 10.5 Å². The third-order valence-electron chi connectivity index (χ3n) is 3.72. The van der Waals surface area contributed by atoms with Crippen LogP contribution in [0.5, 0.6) is 11.5 Å². The fourth-order valence-electron chi connectivity index (χ4n) is 2.54. The lowest BCUT2D eigenvalue weighted by Crippen LogP contribution is -2.43. The SMILES string of the molecule is COc1cccc(C2=CCN(c3ccccc3OC)C(=O)N2)c1. The Balaban J connectivity index is 1.88. The second-order valence-electron chi connectivity index (χ2n) is 5.06. The molecule has 0 spiro atoms. The van der Waals surface area contributed by atoms with Crippen LogP contribution in [-0.4, -0.2) is 26.8 Å². The molecule has 23 heavy (non-hydrogen) atoms. The maximum absolute atomic E-state index is 12.5. The van der Waals surface area contributed by atoms with E-state index >= 15 is 0 Å². The van der Waals surface area contributed by atoms with Gasteiger partial charge in [-0.3, -0.25) is 4.90 Å². The summed E-state index contributed by atoms with van der Waals surface area (Å²) in [5.41, 5.74) is 2.44. The van der Waals surface area contributed by atoms with Crippen molar-refractivity contribution >= 4 is 17.4 Å². The molecule has 1 N–H and O–H groups in total. The maximum Gasteiger partial charge on any atom is 0.326 e. The first-order valence-electron chi connectivity index (χ1n) is 7.29. The molecule has 1 aliphatic rings. The van der Waals surface area contributed by atoms with Crippen molar-refractivity contribution in [3.05, 3.63) is 60.2 Å². The highest BCUT2D eigenvalue weighted by Gasteiger charge is 2.23. The number of ether oxygens (including phenoxy) is 2. The van der Waals surface area contributed by atoms with Gasteiger partial charge in [-0.05, 0) is 30.3 Å². The molecule has 0 radical (unpaired) electrons. The van der Waals surface area contributed by atoms with E-state index in [4.69, 9.17) is 9.47 Å². The largest absolute Gasteiger partial charge is 0.497 e. The molecule has 1 heterocycles. The van der Waals surface area contributed by atoms with Crippen molar-refractivity contribution < 1.29 is 14.3 Å². The smallest absolute Gasteiger partial charge is 0.326 e. The summed E-state index contributed by atoms with van der Waals surface area (Å²) in [5.74, 6) is 1.42. The summed E-state index contributed by atoms with van der Waals surface area (Å²) < 4.78 is 10.6. The Kier molecular flexibility index (Phi) is 4.19. The van der Waals surface area contributed by atoms with Crippen LogP contribution in [0.15, 0.2) is 54.6 Å². The zero-order chi connectivity index (χ0) is 16.2. The Bertz CT molecular complexity index is 755. The first kappa shape index (κ1) is 15.0. The van der Waals surface area contributed by atoms with Gasteiger partial charge >= 0.3 is 6.03 Å². The molecule has 0 bridgehead atoms. The monoisotopic (exact) mass is 310 g/mol. The topological polar surface area (TPSA) is 50.8 Å². The minimum atomic E-state index is -0.185. The molecule has 118 valence electrons. The van der Waals surface area contributed by atoms with Crippen molar-refractivity contribution in [2.24, 2.45) is 0 Å². The number of nitrogens with zero attached hydrogens (tertiary/aromatic N) is 1. The molecule has 0 aliphatic carbocycles. The third-order valence-corrected chi connectivity index (χ3v) is 3.72. The number of rotatable bonds is 4. The van der Waals surface area contributed by atoms with Crippen molar-refractivity contribution in [1.82, 2.24) is 5.32 Å². The predicted molar refractivity (Wildman–Crippen MR) is 89.8 cm³/mol. The molecule has 5 heteroatoms. The molecule has 0 saturated heterocycles. The highest BCUT2D eigenvalue weighted by molar-refractivity contribution is 6.00. The first-order valence-corrected chi connectivity index (χ1v) is 7.29. The number of para-hydroxylation sites is 2. The van der Waals surface area contributed by atoms with Crippen molar-refractivity contribution in [2.75, 3.05) is 25.7 Å². The zero-order valence-electron chi connectivity index (χ0n) is 13.1. The summed E-state index contributed by atoms with van der Waals surface area (Å²) in [6.45, 7) is 0.471. The number of hydrogen-bond donors (Lipinski definition) is 1. The third kappa shape index (κ3) is 2.99. The molecule has 0 fully saturated rings. The van der Waals surface area contributed by atoms with E-state index in [1.165, 1.54) is 0 Å². The van der Waals surface area contributed by atoms with E-state index in [9.17, 15) is 4.79 Å². The van der Waals surface area contributed by atoms with E-state index in [0.29, 0.717) is 12.3 Å². The average molecular weight is 310 g/mol. The molecule has 0 atom stereocenters. The van der Waals surface area contributed by atoms with Gasteiger partial charge in [-0.15, -0.1) is 0 Å². The van der Waals surface area contributed by atoms with Gasteiger partial charge in [0.15, 0.2) is 0 Å². The molecule has 2 aromatic carbocycles. The summed E-state index contributed by atoms with van der Waals surface area (Å²) in [5, 5.41) is 2.92. The number of nitrogens with one attached hydrogen (secondary N) is 1. The summed E-state index contributed by atoms with van der Waals surface area (Å²) in [6.07, 6.45) is 1.97. The van der Waals surface area contributed by atoms with Gasteiger partial charge in [0, 0.05) is 17.8 Å². The van der Waals surface area contributed by atoms with Gasteiger partial charge in [0.25, 0.3) is 0 Å². The summed E-state index contributed by atoms with van der Waals surface area (Å²) in [6, 6.07) is 14.9. The van der Waals surface area contributed by atoms with Crippen LogP contribution in [0.3, 0.4) is 0 Å². The molecule has 0 aromatic heterocycles. The normalized spacial score (nSPS) is 14.1. The predicted octanol–water partition coefficient (Wildman–Crippen LogP) is 3.27. The van der Waals surface area contributed by atoms with Gasteiger partial charge in [-0.1, -0.05) is 24.3 Å². The van der Waals surface area contributed by atoms with E-state index in [1.54, 1.807) is 19.1 Å². The fraction of sp³-hybridized carbons (Fsp3) is 0.167. The number of amides is 2. The molecule has 3 rings (SSSR count). The number of anilines is 1. The van der Waals surface area contributed by atoms with Crippen molar-refractivity contribution in [3.63, 3.8) is 0 Å². The van der Waals surface area contributed by atoms with Crippen molar-refractivity contribution in [1.29, 1.82) is 0 Å². The van der Waals surface area contributed by atoms with Gasteiger partial charge in [-0.2, -0.15) is 0 Å². The Morgan fingerprint density at radius 2 is 1.87 bits per heavy atom. The number of methoxy groups -OCH3 is 2. The van der Waals surface area contributed by atoms with Crippen LogP contribution in [0.25, 0.3) is 5.70 Å². The molecular weight excluding hydrogens is 292 g/mol. The maximum atomic E-state index is 12.5. The molecule has 5 nitrogen and oxygen atoms in total. The first-order chi connectivity index (χ1) is 11.2. The van der Waals surface area contributed by atoms with Crippen LogP contribution in [-0.2, 0) is 0 Å². The highest BCUT2D eigenvalue weighted by atomic mass is 16.5. The van der Waals surface area contributed by atoms with Gasteiger partial charge in [-0.25, -0.2) is 4.79 Å². The molecular formula is C18H18N2O3. The fourth-order valence-corrected chi connectivity index (χ4v) is 2.54. The Labute approximate surface area is 135 Å². The molecule has 2 aromatic rings. The molecule has 2 amide bonds. The second kappa shape index (κ2) is 6.44. The zero-order valence-corrected chi connectivity index (χ0v) is 13.1. The van der Waals surface area contributed by atoms with Crippen LogP contribution in [0.1, 0.15) is 5.56 Å². The summed E-state index contributed by atoms with van der Waals surface area (Å²) in [7, 11) is 3.22. The number of carbonyl (C=O) groups excluding carboxylic acids is 1. The van der Waals surface area contributed by atoms with E-state index in [2.05, 4.69) is 5.32 Å². The van der Waals surface area contributed by atoms with Crippen molar-refractivity contribution in [2.45, 2.75) is 0 Å². The Hall–Kier alpha value is -2.95. The number of urea groups is 1. The van der Waals surface area contributed by atoms with Gasteiger partial charge in [0.1, 0.15) is 11.5 Å². The molecule has 1 aliphatic heterocycles. The van der Waals surface area contributed by atoms with E-state index in [1.807, 2.05) is 54.6 Å². The van der Waals surface area contributed by atoms with E-state index in [0.717, 1.165) is 22.7 Å². The molecule has 0 saturated carbocycles. The van der Waals surface area contributed by atoms with Crippen LogP contribution in [0, 0.1) is 0 Å². The van der Waals surface area contributed by atoms with E-state index < -0.39 is 0 Å². The summed E-state index contributed by atoms with van der Waals surface area (Å²) in [4.78, 5) is 14.1. The quantitative estimate of drug-likeness (QED) is 0.943. The second-order valence-corrected chi connectivity index (χ2v) is 5.06. The minimum absolute atomic E-state index is 0.185. The Morgan fingerprint density at radius 1 is 1.04 bits per heavy atom. The number of carbonyl (C=O) groups is 1. The minimum Gasteiger partial charge on any atom is -0.497 e. The van der Waals surface area contributed by atoms with Crippen LogP contribution >= 0.6 is 0 Å². The molecule has 0 unspecified atom stereocenters. The highest BCUT2D eigenvalue weighted by Crippen LogP contribution is 2.30. The summed E-state index contributed by atoms with van der Waals surface area (Å²) >= 11 is 0. The lowest BCUT2D eigenvalue weighted by molar-refractivity contribution is 0.249. The lowest BCUT2D eigenvalue weighted by atomic mass is 10.1.